The van der Waals surface area contributed by atoms with Crippen molar-refractivity contribution in [2.75, 3.05) is 24.2 Å². The number of carbonyl (C=O) groups excluding carboxylic acids is 4. The van der Waals surface area contributed by atoms with Crippen molar-refractivity contribution in [2.24, 2.45) is 0 Å². The maximum atomic E-state index is 13.0. The molecule has 0 aromatic rings. The van der Waals surface area contributed by atoms with Crippen LogP contribution in [0.15, 0.2) is 0 Å². The predicted molar refractivity (Wildman–Crippen MR) is 163 cm³/mol. The number of halogens is 1. The van der Waals surface area contributed by atoms with Gasteiger partial charge in [-0.15, -0.1) is 0 Å². The van der Waals surface area contributed by atoms with Gasteiger partial charge in [0.05, 0.1) is 0 Å². The lowest BCUT2D eigenvalue weighted by molar-refractivity contribution is -0.159. The van der Waals surface area contributed by atoms with Crippen LogP contribution in [0, 0.1) is 0 Å². The number of hydrogen-bond acceptors (Lipinski definition) is 7. The Hall–Kier alpha value is -1.39. The van der Waals surface area contributed by atoms with Crippen LogP contribution in [-0.2, 0) is 33.4 Å². The van der Waals surface area contributed by atoms with E-state index in [0.717, 1.165) is 36.5 Å². The second-order valence-electron chi connectivity index (χ2n) is 10.4. The molecule has 0 saturated carbocycles. The molecular formula is C30H54INO7. The van der Waals surface area contributed by atoms with Crippen molar-refractivity contribution < 1.29 is 33.4 Å². The van der Waals surface area contributed by atoms with Crippen LogP contribution in [-0.4, -0.2) is 53.6 Å². The summed E-state index contributed by atoms with van der Waals surface area (Å²) in [6, 6.07) is 0. The highest BCUT2D eigenvalue weighted by molar-refractivity contribution is 14.1. The largest absolute Gasteiger partial charge is 0.463 e. The van der Waals surface area contributed by atoms with Crippen LogP contribution in [0.3, 0.4) is 0 Å². The van der Waals surface area contributed by atoms with Gasteiger partial charge in [0.2, 0.25) is 5.91 Å². The molecule has 0 aliphatic rings. The molecule has 0 unspecified atom stereocenters. The summed E-state index contributed by atoms with van der Waals surface area (Å²) >= 11 is 2.19. The van der Waals surface area contributed by atoms with Gasteiger partial charge in [-0.05, 0) is 25.7 Å². The van der Waals surface area contributed by atoms with Crippen molar-refractivity contribution >= 4 is 46.4 Å². The first-order valence-electron chi connectivity index (χ1n) is 15.2. The minimum Gasteiger partial charge on any atom is -0.463 e. The molecular weight excluding hydrogens is 613 g/mol. The molecule has 0 fully saturated rings. The van der Waals surface area contributed by atoms with E-state index in [2.05, 4.69) is 34.8 Å². The second kappa shape index (κ2) is 25.6. The molecule has 1 N–H and O–H groups in total. The smallest absolute Gasteiger partial charge is 0.305 e. The van der Waals surface area contributed by atoms with Gasteiger partial charge in [0, 0.05) is 30.1 Å². The van der Waals surface area contributed by atoms with Crippen molar-refractivity contribution in [1.82, 2.24) is 5.32 Å². The van der Waals surface area contributed by atoms with E-state index < -0.39 is 23.4 Å². The molecule has 0 heterocycles. The van der Waals surface area contributed by atoms with Crippen LogP contribution < -0.4 is 5.32 Å². The molecule has 0 aromatic carbocycles. The van der Waals surface area contributed by atoms with Gasteiger partial charge in [-0.1, -0.05) is 108 Å². The highest BCUT2D eigenvalue weighted by Crippen LogP contribution is 2.15. The zero-order valence-corrected chi connectivity index (χ0v) is 26.9. The maximum absolute atomic E-state index is 13.0. The highest BCUT2D eigenvalue weighted by atomic mass is 127. The third-order valence-electron chi connectivity index (χ3n) is 6.42. The number of nitrogens with one attached hydrogen (secondary N) is 1. The number of alkyl halides is 1. The third-order valence-corrected chi connectivity index (χ3v) is 7.19. The van der Waals surface area contributed by atoms with Crippen molar-refractivity contribution in [3.63, 3.8) is 0 Å². The fourth-order valence-corrected chi connectivity index (χ4v) is 4.29. The van der Waals surface area contributed by atoms with Crippen molar-refractivity contribution in [3.05, 3.63) is 0 Å². The second-order valence-corrected chi connectivity index (χ2v) is 11.5. The van der Waals surface area contributed by atoms with Gasteiger partial charge in [0.25, 0.3) is 0 Å². The Labute approximate surface area is 250 Å². The molecule has 8 nitrogen and oxygen atoms in total. The van der Waals surface area contributed by atoms with E-state index in [1.54, 1.807) is 0 Å². The van der Waals surface area contributed by atoms with Crippen LogP contribution >= 0.6 is 22.6 Å². The van der Waals surface area contributed by atoms with Crippen molar-refractivity contribution in [3.8, 4) is 0 Å². The average Bonchev–Trinajstić information content (AvgIpc) is 2.93. The number of amides is 1. The minimum absolute atomic E-state index is 0.236. The minimum atomic E-state index is -1.33. The van der Waals surface area contributed by atoms with Gasteiger partial charge in [-0.25, -0.2) is 0 Å². The van der Waals surface area contributed by atoms with E-state index in [9.17, 15) is 19.2 Å². The van der Waals surface area contributed by atoms with Gasteiger partial charge in [-0.3, -0.25) is 19.2 Å². The maximum Gasteiger partial charge on any atom is 0.305 e. The molecule has 0 atom stereocenters. The molecule has 228 valence electrons. The first kappa shape index (κ1) is 37.6. The van der Waals surface area contributed by atoms with Crippen LogP contribution in [0.25, 0.3) is 0 Å². The molecule has 9 heteroatoms. The number of esters is 3. The Bertz CT molecular complexity index is 612. The Morgan fingerprint density at radius 3 is 1.33 bits per heavy atom. The lowest BCUT2D eigenvalue weighted by Gasteiger charge is -2.33. The summed E-state index contributed by atoms with van der Waals surface area (Å²) in [6.45, 7) is 5.46. The zero-order valence-electron chi connectivity index (χ0n) is 24.8. The Kier molecular flexibility index (Phi) is 24.7. The fraction of sp³-hybridized carbons (Fsp3) is 0.867. The summed E-state index contributed by atoms with van der Waals surface area (Å²) in [5.41, 5.74) is -1.33. The van der Waals surface area contributed by atoms with E-state index in [1.807, 2.05) is 13.8 Å². The molecule has 1 amide bonds. The molecule has 0 aliphatic heterocycles. The molecule has 0 spiro atoms. The molecule has 0 bridgehead atoms. The molecule has 0 aromatic heterocycles. The summed E-state index contributed by atoms with van der Waals surface area (Å²) in [5, 5.41) is 2.92. The fourth-order valence-electron chi connectivity index (χ4n) is 3.91. The van der Waals surface area contributed by atoms with Crippen LogP contribution in [0.5, 0.6) is 0 Å². The van der Waals surface area contributed by atoms with E-state index in [4.69, 9.17) is 14.2 Å². The number of carbonyl (C=O) groups is 4. The summed E-state index contributed by atoms with van der Waals surface area (Å²) in [6.07, 6.45) is 15.1. The van der Waals surface area contributed by atoms with Gasteiger partial charge >= 0.3 is 17.9 Å². The van der Waals surface area contributed by atoms with Crippen LogP contribution in [0.1, 0.15) is 136 Å². The quantitative estimate of drug-likeness (QED) is 0.0349. The zero-order chi connectivity index (χ0) is 29.2. The summed E-state index contributed by atoms with van der Waals surface area (Å²) in [4.78, 5) is 49.9. The molecule has 0 saturated heterocycles. The lowest BCUT2D eigenvalue weighted by atomic mass is 10.0. The van der Waals surface area contributed by atoms with Gasteiger partial charge in [0.1, 0.15) is 25.4 Å². The summed E-state index contributed by atoms with van der Waals surface area (Å²) < 4.78 is 17.3. The SMILES string of the molecule is CCCCCCCCCCCC(=O)NC(COC(=O)CCCC)(COC(=O)CCCC)COC(=O)CCCI. The van der Waals surface area contributed by atoms with Crippen molar-refractivity contribution in [1.29, 1.82) is 0 Å². The number of hydrogen-bond donors (Lipinski definition) is 1. The van der Waals surface area contributed by atoms with E-state index in [1.165, 1.54) is 38.5 Å². The number of unbranched alkanes of at least 4 members (excludes halogenated alkanes) is 10. The van der Waals surface area contributed by atoms with Crippen molar-refractivity contribution in [2.45, 2.75) is 142 Å². The lowest BCUT2D eigenvalue weighted by Crippen LogP contribution is -2.59. The number of rotatable bonds is 26. The number of ether oxygens (including phenoxy) is 3. The Balaban J connectivity index is 5.23. The average molecular weight is 668 g/mol. The van der Waals surface area contributed by atoms with Crippen LogP contribution in [0.4, 0.5) is 0 Å². The topological polar surface area (TPSA) is 108 Å². The molecule has 0 rings (SSSR count). The summed E-state index contributed by atoms with van der Waals surface area (Å²) in [7, 11) is 0. The Morgan fingerprint density at radius 2 is 0.923 bits per heavy atom. The van der Waals surface area contributed by atoms with Crippen LogP contribution in [0.2, 0.25) is 0 Å². The van der Waals surface area contributed by atoms with Gasteiger partial charge in [-0.2, -0.15) is 0 Å². The monoisotopic (exact) mass is 667 g/mol. The first-order chi connectivity index (χ1) is 18.8. The van der Waals surface area contributed by atoms with E-state index in [0.29, 0.717) is 25.7 Å². The first-order valence-corrected chi connectivity index (χ1v) is 16.7. The molecule has 0 aliphatic carbocycles. The normalized spacial score (nSPS) is 11.2. The standard InChI is InChI=1S/C30H54INO7/c1-4-7-10-11-12-13-14-15-16-18-26(33)32-30(23-37-27(34)19-8-5-2,24-38-28(35)20-9-6-3)25-39-29(36)21-17-22-31/h4-25H2,1-3H3,(H,32,33). The summed E-state index contributed by atoms with van der Waals surface area (Å²) in [5.74, 6) is -1.44. The van der Waals surface area contributed by atoms with Gasteiger partial charge < -0.3 is 19.5 Å². The highest BCUT2D eigenvalue weighted by Gasteiger charge is 2.37. The molecule has 0 radical (unpaired) electrons. The van der Waals surface area contributed by atoms with Gasteiger partial charge in [0.15, 0.2) is 0 Å². The predicted octanol–water partition coefficient (Wildman–Crippen LogP) is 6.99. The Morgan fingerprint density at radius 1 is 0.538 bits per heavy atom. The van der Waals surface area contributed by atoms with E-state index >= 15 is 0 Å². The van der Waals surface area contributed by atoms with E-state index in [-0.39, 0.29) is 45.0 Å². The molecule has 39 heavy (non-hydrogen) atoms. The third kappa shape index (κ3) is 22.0.